The molecule has 1 spiro atoms. The Hall–Kier alpha value is -3.59. The Labute approximate surface area is 201 Å². The summed E-state index contributed by atoms with van der Waals surface area (Å²) in [6.45, 7) is 0.373. The molecular weight excluding hydrogens is 453 g/mol. The predicted octanol–water partition coefficient (Wildman–Crippen LogP) is 4.01. The Kier molecular flexibility index (Phi) is 6.10. The van der Waals surface area contributed by atoms with Gasteiger partial charge in [0, 0.05) is 17.4 Å². The van der Waals surface area contributed by atoms with Crippen LogP contribution in [0.15, 0.2) is 48.7 Å². The van der Waals surface area contributed by atoms with Crippen LogP contribution in [0.25, 0.3) is 11.3 Å². The Bertz CT molecular complexity index is 1230. The lowest BCUT2D eigenvalue weighted by Crippen LogP contribution is -2.35. The normalized spacial score (nSPS) is 25.6. The molecule has 2 aliphatic rings. The number of rotatable bonds is 5. The number of ether oxygens (including phenoxy) is 3. The summed E-state index contributed by atoms with van der Waals surface area (Å²) < 4.78 is 30.3. The van der Waals surface area contributed by atoms with E-state index < -0.39 is 17.5 Å². The molecule has 1 saturated heterocycles. The van der Waals surface area contributed by atoms with E-state index in [1.165, 1.54) is 26.4 Å². The first kappa shape index (κ1) is 23.2. The van der Waals surface area contributed by atoms with E-state index in [-0.39, 0.29) is 23.6 Å². The van der Waals surface area contributed by atoms with Crippen molar-refractivity contribution >= 4 is 11.9 Å². The third-order valence-corrected chi connectivity index (χ3v) is 7.35. The van der Waals surface area contributed by atoms with E-state index in [0.29, 0.717) is 37.1 Å². The summed E-state index contributed by atoms with van der Waals surface area (Å²) >= 11 is 0. The molecule has 35 heavy (non-hydrogen) atoms. The summed E-state index contributed by atoms with van der Waals surface area (Å²) in [7, 11) is 2.73. The summed E-state index contributed by atoms with van der Waals surface area (Å²) in [6, 6.07) is 11.7. The fourth-order valence-corrected chi connectivity index (χ4v) is 5.79. The van der Waals surface area contributed by atoms with Crippen LogP contribution in [-0.4, -0.2) is 53.8 Å². The van der Waals surface area contributed by atoms with Gasteiger partial charge in [0.2, 0.25) is 0 Å². The minimum absolute atomic E-state index is 0.115. The van der Waals surface area contributed by atoms with E-state index in [4.69, 9.17) is 14.2 Å². The Balaban J connectivity index is 1.53. The summed E-state index contributed by atoms with van der Waals surface area (Å²) in [5.74, 6) is -1.87. The Morgan fingerprint density at radius 1 is 1.14 bits per heavy atom. The van der Waals surface area contributed by atoms with Gasteiger partial charge in [-0.3, -0.25) is 4.79 Å². The second-order valence-corrected chi connectivity index (χ2v) is 9.12. The van der Waals surface area contributed by atoms with Crippen molar-refractivity contribution in [2.75, 3.05) is 20.8 Å². The summed E-state index contributed by atoms with van der Waals surface area (Å²) in [4.78, 5) is 25.3. The SMILES string of the molecule is COC(=O)c1ccc(-c2cn[nH]n2)cc1C1COC2(CCC(C(=O)OC)C2c2ccc(F)cc2)C1. The Morgan fingerprint density at radius 3 is 2.63 bits per heavy atom. The molecule has 1 N–H and O–H groups in total. The zero-order valence-corrected chi connectivity index (χ0v) is 19.5. The molecule has 0 radical (unpaired) electrons. The topological polar surface area (TPSA) is 103 Å². The number of esters is 2. The van der Waals surface area contributed by atoms with E-state index in [0.717, 1.165) is 16.7 Å². The third-order valence-electron chi connectivity index (χ3n) is 7.35. The molecule has 1 aliphatic heterocycles. The summed E-state index contributed by atoms with van der Waals surface area (Å²) in [5.41, 5.74) is 2.94. The quantitative estimate of drug-likeness (QED) is 0.552. The molecule has 5 rings (SSSR count). The number of aromatic nitrogens is 3. The van der Waals surface area contributed by atoms with Gasteiger partial charge < -0.3 is 14.2 Å². The van der Waals surface area contributed by atoms with Crippen molar-refractivity contribution in [3.05, 3.63) is 71.2 Å². The highest BCUT2D eigenvalue weighted by atomic mass is 19.1. The van der Waals surface area contributed by atoms with Crippen molar-refractivity contribution in [1.29, 1.82) is 0 Å². The number of nitrogens with zero attached hydrogens (tertiary/aromatic N) is 2. The van der Waals surface area contributed by atoms with Crippen molar-refractivity contribution in [3.63, 3.8) is 0 Å². The second-order valence-electron chi connectivity index (χ2n) is 9.12. The fraction of sp³-hybridized carbons (Fsp3) is 0.385. The van der Waals surface area contributed by atoms with Crippen molar-refractivity contribution in [3.8, 4) is 11.3 Å². The van der Waals surface area contributed by atoms with Crippen LogP contribution in [0, 0.1) is 11.7 Å². The first-order chi connectivity index (χ1) is 17.0. The van der Waals surface area contributed by atoms with E-state index in [9.17, 15) is 14.0 Å². The van der Waals surface area contributed by atoms with Crippen molar-refractivity contribution in [1.82, 2.24) is 15.4 Å². The van der Waals surface area contributed by atoms with Gasteiger partial charge in [-0.05, 0) is 54.7 Å². The molecule has 2 fully saturated rings. The lowest BCUT2D eigenvalue weighted by molar-refractivity contribution is -0.146. The summed E-state index contributed by atoms with van der Waals surface area (Å²) in [5, 5.41) is 10.6. The number of H-pyrrole nitrogens is 1. The van der Waals surface area contributed by atoms with Crippen LogP contribution in [0.2, 0.25) is 0 Å². The molecule has 2 heterocycles. The van der Waals surface area contributed by atoms with Crippen molar-refractivity contribution in [2.24, 2.45) is 5.92 Å². The number of halogens is 1. The minimum atomic E-state index is -0.640. The lowest BCUT2D eigenvalue weighted by Gasteiger charge is -2.33. The van der Waals surface area contributed by atoms with Crippen LogP contribution in [-0.2, 0) is 19.0 Å². The van der Waals surface area contributed by atoms with E-state index >= 15 is 0 Å². The number of methoxy groups -OCH3 is 2. The molecule has 0 amide bonds. The monoisotopic (exact) mass is 479 g/mol. The van der Waals surface area contributed by atoms with Gasteiger partial charge in [0.05, 0.1) is 44.1 Å². The maximum absolute atomic E-state index is 13.7. The molecule has 3 aromatic rings. The minimum Gasteiger partial charge on any atom is -0.469 e. The highest BCUT2D eigenvalue weighted by molar-refractivity contribution is 5.92. The zero-order valence-electron chi connectivity index (χ0n) is 19.5. The van der Waals surface area contributed by atoms with Crippen LogP contribution in [0.5, 0.6) is 0 Å². The smallest absolute Gasteiger partial charge is 0.338 e. The molecule has 1 aromatic heterocycles. The van der Waals surface area contributed by atoms with Crippen LogP contribution in [0.4, 0.5) is 4.39 Å². The second kappa shape index (κ2) is 9.22. The van der Waals surface area contributed by atoms with Crippen LogP contribution < -0.4 is 0 Å². The number of aromatic amines is 1. The molecule has 0 bridgehead atoms. The molecular formula is C26H26FN3O5. The summed E-state index contributed by atoms with van der Waals surface area (Å²) in [6.07, 6.45) is 3.47. The molecule has 182 valence electrons. The molecule has 4 unspecified atom stereocenters. The predicted molar refractivity (Wildman–Crippen MR) is 123 cm³/mol. The molecule has 1 aliphatic carbocycles. The van der Waals surface area contributed by atoms with Gasteiger partial charge in [0.25, 0.3) is 0 Å². The van der Waals surface area contributed by atoms with Gasteiger partial charge >= 0.3 is 11.9 Å². The van der Waals surface area contributed by atoms with Gasteiger partial charge in [-0.25, -0.2) is 9.18 Å². The molecule has 4 atom stereocenters. The standard InChI is InChI=1S/C26H26FN3O5/c1-33-24(31)19-8-5-16(22-13-28-30-29-22)11-21(19)17-12-26(35-14-17)10-9-20(25(32)34-2)23(26)15-3-6-18(27)7-4-15/h3-8,11,13,17,20,23H,9-10,12,14H2,1-2H3,(H,28,29,30). The van der Waals surface area contributed by atoms with Crippen LogP contribution >= 0.6 is 0 Å². The molecule has 1 saturated carbocycles. The van der Waals surface area contributed by atoms with Gasteiger partial charge in [-0.2, -0.15) is 15.4 Å². The number of hydrogen-bond acceptors (Lipinski definition) is 7. The average Bonchev–Trinajstić information content (AvgIpc) is 3.64. The van der Waals surface area contributed by atoms with Crippen LogP contribution in [0.1, 0.15) is 52.6 Å². The van der Waals surface area contributed by atoms with Gasteiger partial charge in [0.1, 0.15) is 11.5 Å². The van der Waals surface area contributed by atoms with Gasteiger partial charge in [0.15, 0.2) is 0 Å². The van der Waals surface area contributed by atoms with E-state index in [2.05, 4.69) is 15.4 Å². The number of carbonyl (C=O) groups is 2. The average molecular weight is 480 g/mol. The number of carbonyl (C=O) groups excluding carboxylic acids is 2. The number of nitrogens with one attached hydrogen (secondary N) is 1. The fourth-order valence-electron chi connectivity index (χ4n) is 5.79. The lowest BCUT2D eigenvalue weighted by atomic mass is 9.76. The third kappa shape index (κ3) is 4.10. The maximum Gasteiger partial charge on any atom is 0.338 e. The molecule has 2 aromatic carbocycles. The van der Waals surface area contributed by atoms with Gasteiger partial charge in [-0.15, -0.1) is 0 Å². The molecule has 9 heteroatoms. The van der Waals surface area contributed by atoms with Crippen molar-refractivity contribution in [2.45, 2.75) is 36.7 Å². The Morgan fingerprint density at radius 2 is 1.94 bits per heavy atom. The van der Waals surface area contributed by atoms with E-state index in [1.54, 1.807) is 24.4 Å². The molecule has 8 nitrogen and oxygen atoms in total. The van der Waals surface area contributed by atoms with Gasteiger partial charge in [-0.1, -0.05) is 18.2 Å². The first-order valence-electron chi connectivity index (χ1n) is 11.5. The highest BCUT2D eigenvalue weighted by Crippen LogP contribution is 2.57. The largest absolute Gasteiger partial charge is 0.469 e. The highest BCUT2D eigenvalue weighted by Gasteiger charge is 2.56. The first-order valence-corrected chi connectivity index (χ1v) is 11.5. The van der Waals surface area contributed by atoms with Crippen LogP contribution in [0.3, 0.4) is 0 Å². The zero-order chi connectivity index (χ0) is 24.6. The number of benzene rings is 2. The maximum atomic E-state index is 13.7. The number of hydrogen-bond donors (Lipinski definition) is 1. The van der Waals surface area contributed by atoms with Crippen molar-refractivity contribution < 1.29 is 28.2 Å². The van der Waals surface area contributed by atoms with E-state index in [1.807, 2.05) is 12.1 Å².